The summed E-state index contributed by atoms with van der Waals surface area (Å²) in [5.41, 5.74) is 0. The van der Waals surface area contributed by atoms with Gasteiger partial charge in [-0.2, -0.15) is 11.8 Å². The number of carboxylic acid groups (broad SMARTS) is 2. The highest BCUT2D eigenvalue weighted by Crippen LogP contribution is 2.22. The highest BCUT2D eigenvalue weighted by molar-refractivity contribution is 7.99. The standard InChI is InChI=1S/C11H22N2OS.C2H2O4/c14-8-7-12-3-5-13(6-4-12)11-1-9-15-10-2-11;3-1(4)2(5)6/h11,14H,1-10H2;(H,3,4)(H,5,6). The Kier molecular flexibility index (Phi) is 8.67. The second-order valence-corrected chi connectivity index (χ2v) is 6.28. The SMILES string of the molecule is O=C(O)C(=O)O.OCCN1CCN(C2CCSCC2)CC1. The number of nitrogens with zero attached hydrogens (tertiary/aromatic N) is 2. The molecule has 8 heteroatoms. The highest BCUT2D eigenvalue weighted by Gasteiger charge is 2.24. The van der Waals surface area contributed by atoms with Gasteiger partial charge in [-0.3, -0.25) is 9.80 Å². The van der Waals surface area contributed by atoms with Crippen LogP contribution in [-0.4, -0.2) is 93.9 Å². The number of aliphatic carboxylic acids is 2. The van der Waals surface area contributed by atoms with Gasteiger partial charge in [0.2, 0.25) is 0 Å². The predicted octanol–water partition coefficient (Wildman–Crippen LogP) is -0.352. The first-order valence-electron chi connectivity index (χ1n) is 7.15. The third-order valence-corrected chi connectivity index (χ3v) is 4.76. The molecule has 2 aliphatic heterocycles. The Hall–Kier alpha value is -0.830. The molecule has 2 heterocycles. The van der Waals surface area contributed by atoms with Crippen molar-refractivity contribution in [3.8, 4) is 0 Å². The molecule has 0 amide bonds. The minimum atomic E-state index is -1.82. The van der Waals surface area contributed by atoms with Crippen LogP contribution in [-0.2, 0) is 9.59 Å². The molecule has 0 radical (unpaired) electrons. The molecule has 0 aromatic rings. The van der Waals surface area contributed by atoms with E-state index in [4.69, 9.17) is 24.9 Å². The molecule has 2 aliphatic rings. The first-order chi connectivity index (χ1) is 10.0. The average molecular weight is 320 g/mol. The molecule has 2 saturated heterocycles. The van der Waals surface area contributed by atoms with Crippen molar-refractivity contribution in [3.63, 3.8) is 0 Å². The van der Waals surface area contributed by atoms with Crippen molar-refractivity contribution in [3.05, 3.63) is 0 Å². The van der Waals surface area contributed by atoms with E-state index < -0.39 is 11.9 Å². The lowest BCUT2D eigenvalue weighted by atomic mass is 10.1. The molecular weight excluding hydrogens is 296 g/mol. The number of piperazine rings is 1. The van der Waals surface area contributed by atoms with Gasteiger partial charge in [0, 0.05) is 38.8 Å². The number of hydrogen-bond acceptors (Lipinski definition) is 6. The fourth-order valence-electron chi connectivity index (χ4n) is 2.54. The van der Waals surface area contributed by atoms with E-state index in [2.05, 4.69) is 21.6 Å². The van der Waals surface area contributed by atoms with Gasteiger partial charge in [0.1, 0.15) is 0 Å². The number of thioether (sulfide) groups is 1. The molecule has 7 nitrogen and oxygen atoms in total. The first-order valence-corrected chi connectivity index (χ1v) is 8.31. The molecule has 0 bridgehead atoms. The Morgan fingerprint density at radius 1 is 1.00 bits per heavy atom. The average Bonchev–Trinajstić information content (AvgIpc) is 2.50. The Bertz CT molecular complexity index is 317. The van der Waals surface area contributed by atoms with Gasteiger partial charge < -0.3 is 15.3 Å². The summed E-state index contributed by atoms with van der Waals surface area (Å²) in [6, 6.07) is 0.850. The minimum Gasteiger partial charge on any atom is -0.473 e. The summed E-state index contributed by atoms with van der Waals surface area (Å²) in [5, 5.41) is 23.7. The predicted molar refractivity (Wildman–Crippen MR) is 80.7 cm³/mol. The summed E-state index contributed by atoms with van der Waals surface area (Å²) in [6.07, 6.45) is 2.76. The molecule has 0 saturated carbocycles. The molecule has 0 aliphatic carbocycles. The lowest BCUT2D eigenvalue weighted by molar-refractivity contribution is -0.159. The zero-order valence-electron chi connectivity index (χ0n) is 12.1. The van der Waals surface area contributed by atoms with Crippen LogP contribution < -0.4 is 0 Å². The van der Waals surface area contributed by atoms with Crippen LogP contribution in [0.15, 0.2) is 0 Å². The fourth-order valence-corrected chi connectivity index (χ4v) is 3.63. The Labute approximate surface area is 128 Å². The normalized spacial score (nSPS) is 21.4. The van der Waals surface area contributed by atoms with Gasteiger partial charge >= 0.3 is 11.9 Å². The number of rotatable bonds is 3. The van der Waals surface area contributed by atoms with E-state index in [-0.39, 0.29) is 0 Å². The van der Waals surface area contributed by atoms with Gasteiger partial charge in [0.15, 0.2) is 0 Å². The Balaban J connectivity index is 0.000000315. The van der Waals surface area contributed by atoms with Gasteiger partial charge in [-0.05, 0) is 24.3 Å². The highest BCUT2D eigenvalue weighted by atomic mass is 32.2. The number of carbonyl (C=O) groups is 2. The van der Waals surface area contributed by atoms with Crippen molar-refractivity contribution < 1.29 is 24.9 Å². The van der Waals surface area contributed by atoms with E-state index in [1.165, 1.54) is 37.4 Å². The van der Waals surface area contributed by atoms with Gasteiger partial charge in [0.25, 0.3) is 0 Å². The van der Waals surface area contributed by atoms with E-state index in [9.17, 15) is 0 Å². The first kappa shape index (κ1) is 18.2. The van der Waals surface area contributed by atoms with Crippen LogP contribution in [0, 0.1) is 0 Å². The second kappa shape index (κ2) is 9.99. The Morgan fingerprint density at radius 3 is 1.95 bits per heavy atom. The van der Waals surface area contributed by atoms with E-state index >= 15 is 0 Å². The molecule has 0 aromatic carbocycles. The zero-order valence-corrected chi connectivity index (χ0v) is 12.9. The number of carboxylic acids is 2. The van der Waals surface area contributed by atoms with E-state index in [1.54, 1.807) is 0 Å². The number of aliphatic hydroxyl groups excluding tert-OH is 1. The lowest BCUT2D eigenvalue weighted by Crippen LogP contribution is -2.51. The third-order valence-electron chi connectivity index (χ3n) is 3.71. The molecule has 0 atom stereocenters. The van der Waals surface area contributed by atoms with Crippen LogP contribution in [0.3, 0.4) is 0 Å². The molecule has 0 unspecified atom stereocenters. The number of β-amino-alcohol motifs (C(OH)–C–C–N with tert-alkyl or cyclic N) is 1. The largest absolute Gasteiger partial charge is 0.473 e. The monoisotopic (exact) mass is 320 g/mol. The topological polar surface area (TPSA) is 101 Å². The molecule has 0 aromatic heterocycles. The minimum absolute atomic E-state index is 0.306. The van der Waals surface area contributed by atoms with Crippen molar-refractivity contribution in [2.75, 3.05) is 50.8 Å². The summed E-state index contributed by atoms with van der Waals surface area (Å²) in [4.78, 5) is 23.2. The second-order valence-electron chi connectivity index (χ2n) is 5.06. The van der Waals surface area contributed by atoms with Crippen molar-refractivity contribution in [2.45, 2.75) is 18.9 Å². The smallest absolute Gasteiger partial charge is 0.414 e. The van der Waals surface area contributed by atoms with Gasteiger partial charge in [-0.1, -0.05) is 0 Å². The van der Waals surface area contributed by atoms with Gasteiger partial charge in [0.05, 0.1) is 6.61 Å². The number of aliphatic hydroxyl groups is 1. The van der Waals surface area contributed by atoms with Crippen LogP contribution >= 0.6 is 11.8 Å². The number of hydrogen-bond donors (Lipinski definition) is 3. The zero-order chi connectivity index (χ0) is 15.7. The summed E-state index contributed by atoms with van der Waals surface area (Å²) in [5.74, 6) is -0.951. The van der Waals surface area contributed by atoms with Crippen LogP contribution in [0.5, 0.6) is 0 Å². The molecule has 21 heavy (non-hydrogen) atoms. The molecule has 0 spiro atoms. The van der Waals surface area contributed by atoms with Crippen LogP contribution in [0.4, 0.5) is 0 Å². The third kappa shape index (κ3) is 7.12. The van der Waals surface area contributed by atoms with Crippen molar-refractivity contribution >= 4 is 23.7 Å². The maximum absolute atomic E-state index is 9.10. The summed E-state index contributed by atoms with van der Waals surface area (Å²) in [7, 11) is 0. The van der Waals surface area contributed by atoms with Gasteiger partial charge in [-0.15, -0.1) is 0 Å². The summed E-state index contributed by atoms with van der Waals surface area (Å²) in [6.45, 7) is 5.85. The maximum atomic E-state index is 9.10. The quantitative estimate of drug-likeness (QED) is 0.607. The maximum Gasteiger partial charge on any atom is 0.414 e. The van der Waals surface area contributed by atoms with Crippen molar-refractivity contribution in [1.29, 1.82) is 0 Å². The molecule has 2 fully saturated rings. The fraction of sp³-hybridized carbons (Fsp3) is 0.846. The Morgan fingerprint density at radius 2 is 1.52 bits per heavy atom. The lowest BCUT2D eigenvalue weighted by Gasteiger charge is -2.40. The van der Waals surface area contributed by atoms with Crippen LogP contribution in [0.25, 0.3) is 0 Å². The van der Waals surface area contributed by atoms with Gasteiger partial charge in [-0.25, -0.2) is 9.59 Å². The molecular formula is C13H24N2O5S. The molecule has 2 rings (SSSR count). The van der Waals surface area contributed by atoms with E-state index in [0.717, 1.165) is 25.7 Å². The van der Waals surface area contributed by atoms with Crippen LogP contribution in [0.2, 0.25) is 0 Å². The van der Waals surface area contributed by atoms with E-state index in [0.29, 0.717) is 6.61 Å². The van der Waals surface area contributed by atoms with Crippen molar-refractivity contribution in [1.82, 2.24) is 9.80 Å². The molecule has 3 N–H and O–H groups in total. The summed E-state index contributed by atoms with van der Waals surface area (Å²) < 4.78 is 0. The van der Waals surface area contributed by atoms with Crippen LogP contribution in [0.1, 0.15) is 12.8 Å². The van der Waals surface area contributed by atoms with E-state index in [1.807, 2.05) is 0 Å². The van der Waals surface area contributed by atoms with Crippen molar-refractivity contribution in [2.24, 2.45) is 0 Å². The molecule has 122 valence electrons. The summed E-state index contributed by atoms with van der Waals surface area (Å²) >= 11 is 2.10.